The number of nitrogens with zero attached hydrogens (tertiary/aromatic N) is 2. The summed E-state index contributed by atoms with van der Waals surface area (Å²) in [6.07, 6.45) is 0.792. The number of thioether (sulfide) groups is 1. The summed E-state index contributed by atoms with van der Waals surface area (Å²) in [5, 5.41) is 8.11. The zero-order chi connectivity index (χ0) is 20.2. The van der Waals surface area contributed by atoms with Crippen LogP contribution in [0, 0.1) is 0 Å². The molecule has 0 aliphatic heterocycles. The first-order valence-electron chi connectivity index (χ1n) is 9.09. The van der Waals surface area contributed by atoms with E-state index >= 15 is 0 Å². The van der Waals surface area contributed by atoms with Crippen LogP contribution in [0.3, 0.4) is 0 Å². The number of amides is 1. The Morgan fingerprint density at radius 3 is 2.76 bits per heavy atom. The van der Waals surface area contributed by atoms with E-state index in [1.165, 1.54) is 33.2 Å². The molecule has 3 heterocycles. The number of hydrogen-bond donors (Lipinski definition) is 1. The van der Waals surface area contributed by atoms with Crippen molar-refractivity contribution in [1.82, 2.24) is 14.9 Å². The van der Waals surface area contributed by atoms with E-state index < -0.39 is 0 Å². The average molecular weight is 442 g/mol. The number of hydrogen-bond acceptors (Lipinski definition) is 6. The Hall–Kier alpha value is -2.42. The summed E-state index contributed by atoms with van der Waals surface area (Å²) < 4.78 is 1.54. The Labute approximate surface area is 180 Å². The van der Waals surface area contributed by atoms with Crippen molar-refractivity contribution in [2.24, 2.45) is 7.05 Å². The van der Waals surface area contributed by atoms with E-state index in [4.69, 9.17) is 0 Å². The first-order chi connectivity index (χ1) is 14.1. The van der Waals surface area contributed by atoms with Crippen LogP contribution < -0.4 is 10.9 Å². The summed E-state index contributed by atoms with van der Waals surface area (Å²) >= 11 is 4.36. The van der Waals surface area contributed by atoms with Crippen LogP contribution in [-0.4, -0.2) is 27.8 Å². The van der Waals surface area contributed by atoms with Crippen LogP contribution in [0.25, 0.3) is 20.7 Å². The van der Waals surface area contributed by atoms with Gasteiger partial charge in [-0.1, -0.05) is 48.2 Å². The van der Waals surface area contributed by atoms with Gasteiger partial charge in [-0.2, -0.15) is 0 Å². The molecule has 3 aromatic heterocycles. The molecule has 8 heteroatoms. The van der Waals surface area contributed by atoms with Crippen molar-refractivity contribution in [1.29, 1.82) is 0 Å². The molecule has 1 aromatic carbocycles. The molecular weight excluding hydrogens is 422 g/mol. The van der Waals surface area contributed by atoms with E-state index in [0.29, 0.717) is 21.9 Å². The molecule has 29 heavy (non-hydrogen) atoms. The molecule has 0 bridgehead atoms. The highest BCUT2D eigenvalue weighted by molar-refractivity contribution is 7.99. The van der Waals surface area contributed by atoms with Crippen molar-refractivity contribution >= 4 is 50.6 Å². The molecule has 0 unspecified atom stereocenters. The summed E-state index contributed by atoms with van der Waals surface area (Å²) in [4.78, 5) is 31.5. The average Bonchev–Trinajstić information content (AvgIpc) is 3.40. The topological polar surface area (TPSA) is 64.0 Å². The van der Waals surface area contributed by atoms with Crippen LogP contribution in [0.2, 0.25) is 0 Å². The standard InChI is InChI=1S/C21H19N3O2S3/c1-24-20(26)18-15(16-8-5-11-27-16)12-28-19(18)23-21(24)29-13-17(25)22-10-9-14-6-3-2-4-7-14/h2-8,11-12H,9-10,13H2,1H3,(H,22,25). The molecule has 0 saturated carbocycles. The van der Waals surface area contributed by atoms with Crippen molar-refractivity contribution in [2.45, 2.75) is 11.6 Å². The Morgan fingerprint density at radius 2 is 2.00 bits per heavy atom. The lowest BCUT2D eigenvalue weighted by molar-refractivity contribution is -0.118. The summed E-state index contributed by atoms with van der Waals surface area (Å²) in [7, 11) is 1.71. The number of aromatic nitrogens is 2. The molecule has 0 fully saturated rings. The van der Waals surface area contributed by atoms with E-state index in [1.807, 2.05) is 53.2 Å². The maximum absolute atomic E-state index is 12.9. The van der Waals surface area contributed by atoms with Crippen LogP contribution >= 0.6 is 34.4 Å². The van der Waals surface area contributed by atoms with Gasteiger partial charge in [-0.05, 0) is 23.4 Å². The largest absolute Gasteiger partial charge is 0.355 e. The fourth-order valence-electron chi connectivity index (χ4n) is 2.97. The second-order valence-electron chi connectivity index (χ2n) is 6.44. The Morgan fingerprint density at radius 1 is 1.17 bits per heavy atom. The monoisotopic (exact) mass is 441 g/mol. The smallest absolute Gasteiger partial charge is 0.263 e. The Balaban J connectivity index is 1.42. The lowest BCUT2D eigenvalue weighted by Crippen LogP contribution is -2.28. The van der Waals surface area contributed by atoms with Crippen molar-refractivity contribution in [2.75, 3.05) is 12.3 Å². The van der Waals surface area contributed by atoms with Crippen molar-refractivity contribution in [3.8, 4) is 10.4 Å². The first-order valence-corrected chi connectivity index (χ1v) is 11.8. The van der Waals surface area contributed by atoms with Gasteiger partial charge in [0.05, 0.1) is 11.1 Å². The van der Waals surface area contributed by atoms with Gasteiger partial charge in [0.25, 0.3) is 5.56 Å². The third-order valence-electron chi connectivity index (χ3n) is 4.47. The highest BCUT2D eigenvalue weighted by Gasteiger charge is 2.16. The lowest BCUT2D eigenvalue weighted by Gasteiger charge is -2.08. The molecule has 0 spiro atoms. The molecule has 0 radical (unpaired) electrons. The molecule has 1 amide bonds. The summed E-state index contributed by atoms with van der Waals surface area (Å²) in [6.45, 7) is 0.587. The number of carbonyl (C=O) groups excluding carboxylic acids is 1. The molecule has 0 atom stereocenters. The third kappa shape index (κ3) is 4.44. The second-order valence-corrected chi connectivity index (χ2v) is 9.19. The SMILES string of the molecule is Cn1c(SCC(=O)NCCc2ccccc2)nc2scc(-c3cccs3)c2c1=O. The van der Waals surface area contributed by atoms with Crippen LogP contribution in [0.1, 0.15) is 5.56 Å². The third-order valence-corrected chi connectivity index (χ3v) is 7.28. The Kier molecular flexibility index (Phi) is 6.13. The number of fused-ring (bicyclic) bond motifs is 1. The molecule has 148 valence electrons. The zero-order valence-corrected chi connectivity index (χ0v) is 18.2. The van der Waals surface area contributed by atoms with Crippen LogP contribution in [0.15, 0.2) is 63.2 Å². The van der Waals surface area contributed by atoms with Gasteiger partial charge in [-0.3, -0.25) is 14.2 Å². The van der Waals surface area contributed by atoms with Crippen LogP contribution in [0.4, 0.5) is 0 Å². The zero-order valence-electron chi connectivity index (χ0n) is 15.8. The maximum Gasteiger partial charge on any atom is 0.263 e. The lowest BCUT2D eigenvalue weighted by atomic mass is 10.1. The van der Waals surface area contributed by atoms with Gasteiger partial charge in [-0.25, -0.2) is 4.98 Å². The highest BCUT2D eigenvalue weighted by Crippen LogP contribution is 2.34. The van der Waals surface area contributed by atoms with Gasteiger partial charge < -0.3 is 5.32 Å². The summed E-state index contributed by atoms with van der Waals surface area (Å²) in [6, 6.07) is 14.0. The molecule has 4 rings (SSSR count). The van der Waals surface area contributed by atoms with Gasteiger partial charge >= 0.3 is 0 Å². The number of benzene rings is 1. The van der Waals surface area contributed by atoms with Gasteiger partial charge in [0, 0.05) is 29.4 Å². The molecule has 0 aliphatic carbocycles. The van der Waals surface area contributed by atoms with E-state index in [2.05, 4.69) is 10.3 Å². The van der Waals surface area contributed by atoms with Gasteiger partial charge in [-0.15, -0.1) is 22.7 Å². The fraction of sp³-hybridized carbons (Fsp3) is 0.190. The van der Waals surface area contributed by atoms with E-state index in [0.717, 1.165) is 16.9 Å². The minimum Gasteiger partial charge on any atom is -0.355 e. The molecular formula is C21H19N3O2S3. The molecule has 0 aliphatic rings. The quantitative estimate of drug-likeness (QED) is 0.345. The highest BCUT2D eigenvalue weighted by atomic mass is 32.2. The van der Waals surface area contributed by atoms with Crippen LogP contribution in [0.5, 0.6) is 0 Å². The molecule has 1 N–H and O–H groups in total. The summed E-state index contributed by atoms with van der Waals surface area (Å²) in [5.74, 6) is 0.162. The minimum atomic E-state index is -0.0772. The van der Waals surface area contributed by atoms with E-state index in [1.54, 1.807) is 18.4 Å². The first kappa shape index (κ1) is 19.9. The Bertz CT molecular complexity index is 1180. The second kappa shape index (κ2) is 8.94. The van der Waals surface area contributed by atoms with Crippen molar-refractivity contribution in [3.63, 3.8) is 0 Å². The molecule has 5 nitrogen and oxygen atoms in total. The molecule has 0 saturated heterocycles. The number of carbonyl (C=O) groups is 1. The van der Waals surface area contributed by atoms with Gasteiger partial charge in [0.1, 0.15) is 4.83 Å². The van der Waals surface area contributed by atoms with Gasteiger partial charge in [0.2, 0.25) is 5.91 Å². The predicted octanol–water partition coefficient (Wildman–Crippen LogP) is 4.17. The normalized spacial score (nSPS) is 11.1. The predicted molar refractivity (Wildman–Crippen MR) is 122 cm³/mol. The summed E-state index contributed by atoms with van der Waals surface area (Å²) in [5.41, 5.74) is 2.05. The number of thiophene rings is 2. The maximum atomic E-state index is 12.9. The van der Waals surface area contributed by atoms with Crippen LogP contribution in [-0.2, 0) is 18.3 Å². The van der Waals surface area contributed by atoms with Crippen molar-refractivity contribution < 1.29 is 4.79 Å². The van der Waals surface area contributed by atoms with E-state index in [-0.39, 0.29) is 17.2 Å². The fourth-order valence-corrected chi connectivity index (χ4v) is 5.57. The van der Waals surface area contributed by atoms with E-state index in [9.17, 15) is 9.59 Å². The van der Waals surface area contributed by atoms with Gasteiger partial charge in [0.15, 0.2) is 5.16 Å². The number of rotatable bonds is 7. The van der Waals surface area contributed by atoms with Crippen molar-refractivity contribution in [3.05, 3.63) is 69.1 Å². The minimum absolute atomic E-state index is 0.0641. The molecule has 4 aromatic rings. The number of nitrogens with one attached hydrogen (secondary N) is 1.